The summed E-state index contributed by atoms with van der Waals surface area (Å²) in [6.45, 7) is 0.763. The summed E-state index contributed by atoms with van der Waals surface area (Å²) in [7, 11) is 2.00. The van der Waals surface area contributed by atoms with Gasteiger partial charge in [0, 0.05) is 18.6 Å². The summed E-state index contributed by atoms with van der Waals surface area (Å²) >= 11 is 11.8. The molecule has 0 bridgehead atoms. The molecule has 0 aliphatic heterocycles. The van der Waals surface area contributed by atoms with E-state index in [9.17, 15) is 0 Å². The van der Waals surface area contributed by atoms with Crippen molar-refractivity contribution in [1.29, 1.82) is 0 Å². The monoisotopic (exact) mass is 280 g/mol. The SMILES string of the molecule is CN(Cc1cccc(Cl)c1)c1cccc(CCl)n1. The molecule has 94 valence electrons. The van der Waals surface area contributed by atoms with Crippen molar-refractivity contribution >= 4 is 29.0 Å². The van der Waals surface area contributed by atoms with E-state index in [0.717, 1.165) is 28.6 Å². The second-order valence-corrected chi connectivity index (χ2v) is 4.81. The predicted molar refractivity (Wildman–Crippen MR) is 77.4 cm³/mol. The van der Waals surface area contributed by atoms with Gasteiger partial charge in [-0.05, 0) is 29.8 Å². The minimum Gasteiger partial charge on any atom is -0.355 e. The Morgan fingerprint density at radius 2 is 1.94 bits per heavy atom. The summed E-state index contributed by atoms with van der Waals surface area (Å²) < 4.78 is 0. The topological polar surface area (TPSA) is 16.1 Å². The molecule has 2 nitrogen and oxygen atoms in total. The molecule has 0 N–H and O–H groups in total. The zero-order chi connectivity index (χ0) is 13.0. The van der Waals surface area contributed by atoms with E-state index in [1.807, 2.05) is 49.5 Å². The summed E-state index contributed by atoms with van der Waals surface area (Å²) in [6.07, 6.45) is 0. The Hall–Kier alpha value is -1.25. The van der Waals surface area contributed by atoms with Crippen LogP contribution in [0.1, 0.15) is 11.3 Å². The maximum Gasteiger partial charge on any atom is 0.128 e. The van der Waals surface area contributed by atoms with Gasteiger partial charge < -0.3 is 4.90 Å². The maximum absolute atomic E-state index is 5.97. The normalized spacial score (nSPS) is 10.4. The van der Waals surface area contributed by atoms with Gasteiger partial charge >= 0.3 is 0 Å². The number of benzene rings is 1. The molecular weight excluding hydrogens is 267 g/mol. The Kier molecular flexibility index (Phi) is 4.45. The van der Waals surface area contributed by atoms with Gasteiger partial charge in [-0.15, -0.1) is 11.6 Å². The van der Waals surface area contributed by atoms with Crippen LogP contribution in [-0.4, -0.2) is 12.0 Å². The number of alkyl halides is 1. The first kappa shape index (κ1) is 13.2. The molecule has 18 heavy (non-hydrogen) atoms. The Balaban J connectivity index is 2.13. The highest BCUT2D eigenvalue weighted by molar-refractivity contribution is 6.30. The molecule has 2 rings (SSSR count). The van der Waals surface area contributed by atoms with E-state index in [4.69, 9.17) is 23.2 Å². The molecule has 1 heterocycles. The fraction of sp³-hybridized carbons (Fsp3) is 0.214. The van der Waals surface area contributed by atoms with Crippen LogP contribution in [0.25, 0.3) is 0 Å². The van der Waals surface area contributed by atoms with Crippen LogP contribution < -0.4 is 4.90 Å². The van der Waals surface area contributed by atoms with Crippen molar-refractivity contribution in [3.63, 3.8) is 0 Å². The second-order valence-electron chi connectivity index (χ2n) is 4.11. The fourth-order valence-electron chi connectivity index (χ4n) is 1.74. The van der Waals surface area contributed by atoms with Crippen molar-refractivity contribution in [3.05, 3.63) is 58.7 Å². The summed E-state index contributed by atoms with van der Waals surface area (Å²) in [4.78, 5) is 6.54. The van der Waals surface area contributed by atoms with Crippen LogP contribution in [0, 0.1) is 0 Å². The van der Waals surface area contributed by atoms with Gasteiger partial charge in [0.1, 0.15) is 5.82 Å². The largest absolute Gasteiger partial charge is 0.355 e. The zero-order valence-corrected chi connectivity index (χ0v) is 11.6. The minimum atomic E-state index is 0.429. The van der Waals surface area contributed by atoms with Crippen LogP contribution >= 0.6 is 23.2 Å². The average Bonchev–Trinajstić information content (AvgIpc) is 2.39. The lowest BCUT2D eigenvalue weighted by Gasteiger charge is -2.18. The van der Waals surface area contributed by atoms with E-state index in [-0.39, 0.29) is 0 Å². The van der Waals surface area contributed by atoms with Crippen LogP contribution in [0.3, 0.4) is 0 Å². The maximum atomic E-state index is 5.97. The third kappa shape index (κ3) is 3.37. The molecule has 0 saturated carbocycles. The number of anilines is 1. The van der Waals surface area contributed by atoms with Crippen LogP contribution in [0.4, 0.5) is 5.82 Å². The van der Waals surface area contributed by atoms with Gasteiger partial charge in [0.2, 0.25) is 0 Å². The molecule has 0 aliphatic rings. The molecule has 2 aromatic rings. The Labute approximate surface area is 117 Å². The lowest BCUT2D eigenvalue weighted by atomic mass is 10.2. The second kappa shape index (κ2) is 6.07. The van der Waals surface area contributed by atoms with E-state index < -0.39 is 0 Å². The van der Waals surface area contributed by atoms with Crippen LogP contribution in [0.5, 0.6) is 0 Å². The smallest absolute Gasteiger partial charge is 0.128 e. The molecule has 0 amide bonds. The fourth-order valence-corrected chi connectivity index (χ4v) is 2.11. The molecule has 0 radical (unpaired) electrons. The molecular formula is C14H14Cl2N2. The first-order valence-corrected chi connectivity index (χ1v) is 6.58. The number of hydrogen-bond acceptors (Lipinski definition) is 2. The van der Waals surface area contributed by atoms with Gasteiger partial charge in [0.25, 0.3) is 0 Å². The third-order valence-electron chi connectivity index (χ3n) is 2.63. The highest BCUT2D eigenvalue weighted by atomic mass is 35.5. The van der Waals surface area contributed by atoms with E-state index in [0.29, 0.717) is 5.88 Å². The van der Waals surface area contributed by atoms with Crippen LogP contribution in [0.15, 0.2) is 42.5 Å². The molecule has 0 unspecified atom stereocenters. The summed E-state index contributed by atoms with van der Waals surface area (Å²) in [5.74, 6) is 1.34. The molecule has 0 saturated heterocycles. The van der Waals surface area contributed by atoms with E-state index in [1.54, 1.807) is 0 Å². The summed E-state index contributed by atoms with van der Waals surface area (Å²) in [5, 5.41) is 0.753. The van der Waals surface area contributed by atoms with Crippen molar-refractivity contribution < 1.29 is 0 Å². The molecule has 1 aromatic heterocycles. The van der Waals surface area contributed by atoms with Gasteiger partial charge in [0.15, 0.2) is 0 Å². The summed E-state index contributed by atoms with van der Waals surface area (Å²) in [5.41, 5.74) is 2.04. The quantitative estimate of drug-likeness (QED) is 0.784. The number of rotatable bonds is 4. The highest BCUT2D eigenvalue weighted by Crippen LogP contribution is 2.16. The number of halogens is 2. The first-order chi connectivity index (χ1) is 8.69. The Morgan fingerprint density at radius 3 is 2.67 bits per heavy atom. The average molecular weight is 281 g/mol. The molecule has 0 spiro atoms. The zero-order valence-electron chi connectivity index (χ0n) is 10.1. The first-order valence-electron chi connectivity index (χ1n) is 5.66. The van der Waals surface area contributed by atoms with Crippen molar-refractivity contribution in [3.8, 4) is 0 Å². The Morgan fingerprint density at radius 1 is 1.17 bits per heavy atom. The third-order valence-corrected chi connectivity index (χ3v) is 3.14. The van der Waals surface area contributed by atoms with Gasteiger partial charge in [-0.3, -0.25) is 0 Å². The molecule has 1 aromatic carbocycles. The lowest BCUT2D eigenvalue weighted by molar-refractivity contribution is 0.891. The van der Waals surface area contributed by atoms with Crippen molar-refractivity contribution in [2.45, 2.75) is 12.4 Å². The van der Waals surface area contributed by atoms with E-state index >= 15 is 0 Å². The van der Waals surface area contributed by atoms with Crippen molar-refractivity contribution in [1.82, 2.24) is 4.98 Å². The van der Waals surface area contributed by atoms with E-state index in [1.165, 1.54) is 0 Å². The molecule has 0 fully saturated rings. The van der Waals surface area contributed by atoms with Gasteiger partial charge in [-0.2, -0.15) is 0 Å². The van der Waals surface area contributed by atoms with Gasteiger partial charge in [-0.25, -0.2) is 4.98 Å². The molecule has 0 atom stereocenters. The van der Waals surface area contributed by atoms with Gasteiger partial charge in [0.05, 0.1) is 11.6 Å². The highest BCUT2D eigenvalue weighted by Gasteiger charge is 2.04. The number of aromatic nitrogens is 1. The predicted octanol–water partition coefficient (Wildman–Crippen LogP) is 4.11. The van der Waals surface area contributed by atoms with Gasteiger partial charge in [-0.1, -0.05) is 29.8 Å². The standard InChI is InChI=1S/C14H14Cl2N2/c1-18(10-11-4-2-5-12(16)8-11)14-7-3-6-13(9-15)17-14/h2-8H,9-10H2,1H3. The van der Waals surface area contributed by atoms with Crippen LogP contribution in [-0.2, 0) is 12.4 Å². The van der Waals surface area contributed by atoms with Crippen molar-refractivity contribution in [2.24, 2.45) is 0 Å². The molecule has 0 aliphatic carbocycles. The number of pyridine rings is 1. The minimum absolute atomic E-state index is 0.429. The molecule has 4 heteroatoms. The lowest BCUT2D eigenvalue weighted by Crippen LogP contribution is -2.17. The van der Waals surface area contributed by atoms with Crippen molar-refractivity contribution in [2.75, 3.05) is 11.9 Å². The number of nitrogens with zero attached hydrogens (tertiary/aromatic N) is 2. The van der Waals surface area contributed by atoms with Crippen LogP contribution in [0.2, 0.25) is 5.02 Å². The summed E-state index contributed by atoms with van der Waals surface area (Å²) in [6, 6.07) is 13.7. The van der Waals surface area contributed by atoms with E-state index in [2.05, 4.69) is 9.88 Å². The number of hydrogen-bond donors (Lipinski definition) is 0. The Bertz CT molecular complexity index is 529.